The minimum Gasteiger partial charge on any atom is -0.399 e. The van der Waals surface area contributed by atoms with Crippen LogP contribution in [0.4, 0.5) is 5.69 Å². The molecule has 0 aliphatic carbocycles. The van der Waals surface area contributed by atoms with Gasteiger partial charge in [-0.1, -0.05) is 6.92 Å². The molecule has 1 aromatic carbocycles. The zero-order valence-corrected chi connectivity index (χ0v) is 12.5. The Hall–Kier alpha value is -1.16. The molecule has 1 heterocycles. The molecule has 19 heavy (non-hydrogen) atoms. The normalized spacial score (nSPS) is 16.6. The van der Waals surface area contributed by atoms with E-state index in [2.05, 4.69) is 6.92 Å². The number of carbonyl (C=O) groups is 1. The van der Waals surface area contributed by atoms with Crippen LogP contribution < -0.4 is 5.73 Å². The summed E-state index contributed by atoms with van der Waals surface area (Å²) in [4.78, 5) is 15.2. The Morgan fingerprint density at radius 3 is 2.74 bits per heavy atom. The van der Waals surface area contributed by atoms with Gasteiger partial charge in [-0.15, -0.1) is 11.8 Å². The van der Waals surface area contributed by atoms with Crippen molar-refractivity contribution in [1.82, 2.24) is 4.90 Å². The first kappa shape index (κ1) is 14.3. The molecule has 0 spiro atoms. The largest absolute Gasteiger partial charge is 0.399 e. The lowest BCUT2D eigenvalue weighted by Crippen LogP contribution is -2.38. The number of carbonyl (C=O) groups excluding carboxylic acids is 1. The molecule has 0 atom stereocenters. The Labute approximate surface area is 119 Å². The summed E-state index contributed by atoms with van der Waals surface area (Å²) < 4.78 is 0. The molecule has 1 fully saturated rings. The Morgan fingerprint density at radius 1 is 1.42 bits per heavy atom. The maximum absolute atomic E-state index is 12.1. The van der Waals surface area contributed by atoms with Gasteiger partial charge in [0.05, 0.1) is 5.75 Å². The van der Waals surface area contributed by atoms with Gasteiger partial charge in [-0.2, -0.15) is 0 Å². The van der Waals surface area contributed by atoms with Gasteiger partial charge >= 0.3 is 0 Å². The summed E-state index contributed by atoms with van der Waals surface area (Å²) in [6.45, 7) is 6.09. The number of piperidine rings is 1. The molecule has 1 amide bonds. The average Bonchev–Trinajstić information content (AvgIpc) is 2.40. The van der Waals surface area contributed by atoms with Crippen LogP contribution in [-0.4, -0.2) is 29.6 Å². The van der Waals surface area contributed by atoms with Gasteiger partial charge in [-0.05, 0) is 49.4 Å². The van der Waals surface area contributed by atoms with Crippen molar-refractivity contribution in [2.24, 2.45) is 5.92 Å². The van der Waals surface area contributed by atoms with E-state index in [1.807, 2.05) is 30.0 Å². The third-order valence-electron chi connectivity index (χ3n) is 3.74. The highest BCUT2D eigenvalue weighted by Crippen LogP contribution is 2.23. The highest BCUT2D eigenvalue weighted by Gasteiger charge is 2.20. The van der Waals surface area contributed by atoms with E-state index in [0.29, 0.717) is 5.75 Å². The number of rotatable bonds is 3. The average molecular weight is 278 g/mol. The van der Waals surface area contributed by atoms with Crippen molar-refractivity contribution in [3.05, 3.63) is 23.8 Å². The SMILES string of the molecule is Cc1cc(SCC(=O)N2CCC(C)CC2)ccc1N. The van der Waals surface area contributed by atoms with Crippen molar-refractivity contribution in [2.75, 3.05) is 24.6 Å². The summed E-state index contributed by atoms with van der Waals surface area (Å²) in [5, 5.41) is 0. The summed E-state index contributed by atoms with van der Waals surface area (Å²) in [5.41, 5.74) is 7.67. The zero-order chi connectivity index (χ0) is 13.8. The number of benzene rings is 1. The second-order valence-corrected chi connectivity index (χ2v) is 6.42. The first-order chi connectivity index (χ1) is 9.06. The smallest absolute Gasteiger partial charge is 0.232 e. The van der Waals surface area contributed by atoms with E-state index in [-0.39, 0.29) is 5.91 Å². The van der Waals surface area contributed by atoms with Crippen LogP contribution in [0.1, 0.15) is 25.3 Å². The van der Waals surface area contributed by atoms with E-state index in [1.165, 1.54) is 0 Å². The standard InChI is InChI=1S/C15H22N2OS/c1-11-5-7-17(8-6-11)15(18)10-19-13-3-4-14(16)12(2)9-13/h3-4,9,11H,5-8,10,16H2,1-2H3. The van der Waals surface area contributed by atoms with Gasteiger partial charge in [0.2, 0.25) is 5.91 Å². The quantitative estimate of drug-likeness (QED) is 0.683. The number of anilines is 1. The molecular weight excluding hydrogens is 256 g/mol. The molecule has 4 heteroatoms. The maximum atomic E-state index is 12.1. The molecule has 1 aliphatic rings. The lowest BCUT2D eigenvalue weighted by atomic mass is 9.99. The van der Waals surface area contributed by atoms with E-state index in [4.69, 9.17) is 5.73 Å². The van der Waals surface area contributed by atoms with Gasteiger partial charge < -0.3 is 10.6 Å². The maximum Gasteiger partial charge on any atom is 0.232 e. The number of amides is 1. The number of likely N-dealkylation sites (tertiary alicyclic amines) is 1. The second-order valence-electron chi connectivity index (χ2n) is 5.37. The van der Waals surface area contributed by atoms with E-state index < -0.39 is 0 Å². The van der Waals surface area contributed by atoms with Crippen LogP contribution in [0.2, 0.25) is 0 Å². The number of nitrogen functional groups attached to an aromatic ring is 1. The van der Waals surface area contributed by atoms with Gasteiger partial charge in [0.15, 0.2) is 0 Å². The minimum absolute atomic E-state index is 0.256. The lowest BCUT2D eigenvalue weighted by molar-refractivity contribution is -0.129. The predicted molar refractivity (Wildman–Crippen MR) is 81.3 cm³/mol. The molecule has 1 saturated heterocycles. The zero-order valence-electron chi connectivity index (χ0n) is 11.7. The second kappa shape index (κ2) is 6.33. The van der Waals surface area contributed by atoms with Gasteiger partial charge in [0.25, 0.3) is 0 Å². The monoisotopic (exact) mass is 278 g/mol. The molecule has 1 aromatic rings. The molecule has 0 radical (unpaired) electrons. The number of hydrogen-bond acceptors (Lipinski definition) is 3. The molecule has 0 bridgehead atoms. The first-order valence-electron chi connectivity index (χ1n) is 6.83. The Balaban J connectivity index is 1.84. The third-order valence-corrected chi connectivity index (χ3v) is 4.72. The molecule has 0 saturated carbocycles. The number of aryl methyl sites for hydroxylation is 1. The molecule has 0 aromatic heterocycles. The summed E-state index contributed by atoms with van der Waals surface area (Å²) in [7, 11) is 0. The summed E-state index contributed by atoms with van der Waals surface area (Å²) in [6.07, 6.45) is 2.27. The van der Waals surface area contributed by atoms with Crippen molar-refractivity contribution < 1.29 is 4.79 Å². The van der Waals surface area contributed by atoms with Crippen molar-refractivity contribution in [1.29, 1.82) is 0 Å². The lowest BCUT2D eigenvalue weighted by Gasteiger charge is -2.30. The van der Waals surface area contributed by atoms with Gasteiger partial charge in [0.1, 0.15) is 0 Å². The van der Waals surface area contributed by atoms with Gasteiger partial charge in [-0.25, -0.2) is 0 Å². The van der Waals surface area contributed by atoms with Crippen LogP contribution in [0.15, 0.2) is 23.1 Å². The van der Waals surface area contributed by atoms with Crippen LogP contribution in [0.3, 0.4) is 0 Å². The topological polar surface area (TPSA) is 46.3 Å². The number of nitrogens with zero attached hydrogens (tertiary/aromatic N) is 1. The van der Waals surface area contributed by atoms with Crippen LogP contribution in [0, 0.1) is 12.8 Å². The summed E-state index contributed by atoms with van der Waals surface area (Å²) >= 11 is 1.60. The predicted octanol–water partition coefficient (Wildman–Crippen LogP) is 2.93. The van der Waals surface area contributed by atoms with Crippen molar-refractivity contribution >= 4 is 23.4 Å². The Kier molecular flexibility index (Phi) is 4.75. The van der Waals surface area contributed by atoms with Gasteiger partial charge in [-0.3, -0.25) is 4.79 Å². The molecule has 3 nitrogen and oxygen atoms in total. The Bertz CT molecular complexity index is 453. The van der Waals surface area contributed by atoms with E-state index >= 15 is 0 Å². The first-order valence-corrected chi connectivity index (χ1v) is 7.81. The molecule has 0 unspecified atom stereocenters. The van der Waals surface area contributed by atoms with E-state index in [9.17, 15) is 4.79 Å². The third kappa shape index (κ3) is 3.90. The number of thioether (sulfide) groups is 1. The van der Waals surface area contributed by atoms with Crippen LogP contribution in [-0.2, 0) is 4.79 Å². The highest BCUT2D eigenvalue weighted by atomic mass is 32.2. The van der Waals surface area contributed by atoms with Crippen LogP contribution in [0.25, 0.3) is 0 Å². The minimum atomic E-state index is 0.256. The van der Waals surface area contributed by atoms with Crippen molar-refractivity contribution in [2.45, 2.75) is 31.6 Å². The molecular formula is C15H22N2OS. The molecule has 104 valence electrons. The number of hydrogen-bond donors (Lipinski definition) is 1. The molecule has 2 N–H and O–H groups in total. The van der Waals surface area contributed by atoms with Gasteiger partial charge in [0, 0.05) is 23.7 Å². The van der Waals surface area contributed by atoms with E-state index in [1.54, 1.807) is 11.8 Å². The molecule has 1 aliphatic heterocycles. The van der Waals surface area contributed by atoms with Crippen molar-refractivity contribution in [3.8, 4) is 0 Å². The fourth-order valence-electron chi connectivity index (χ4n) is 2.23. The van der Waals surface area contributed by atoms with E-state index in [0.717, 1.165) is 48.0 Å². The fraction of sp³-hybridized carbons (Fsp3) is 0.533. The fourth-order valence-corrected chi connectivity index (χ4v) is 3.13. The number of nitrogens with two attached hydrogens (primary N) is 1. The highest BCUT2D eigenvalue weighted by molar-refractivity contribution is 8.00. The summed E-state index contributed by atoms with van der Waals surface area (Å²) in [5.74, 6) is 1.54. The Morgan fingerprint density at radius 2 is 2.11 bits per heavy atom. The van der Waals surface area contributed by atoms with Crippen LogP contribution in [0.5, 0.6) is 0 Å². The summed E-state index contributed by atoms with van der Waals surface area (Å²) in [6, 6.07) is 5.94. The van der Waals surface area contributed by atoms with Crippen molar-refractivity contribution in [3.63, 3.8) is 0 Å². The molecule has 2 rings (SSSR count). The van der Waals surface area contributed by atoms with Crippen LogP contribution >= 0.6 is 11.8 Å².